The Balaban J connectivity index is 1.44. The van der Waals surface area contributed by atoms with Gasteiger partial charge in [0.05, 0.1) is 12.4 Å². The van der Waals surface area contributed by atoms with E-state index in [2.05, 4.69) is 27.0 Å². The zero-order valence-corrected chi connectivity index (χ0v) is 24.5. The summed E-state index contributed by atoms with van der Waals surface area (Å²) in [4.78, 5) is 57.6. The molecule has 4 fully saturated rings. The van der Waals surface area contributed by atoms with Crippen molar-refractivity contribution < 1.29 is 38.1 Å². The molecule has 8 nitrogen and oxygen atoms in total. The number of hydrogen-bond donors (Lipinski definition) is 0. The van der Waals surface area contributed by atoms with Crippen LogP contribution in [0.2, 0.25) is 0 Å². The van der Waals surface area contributed by atoms with E-state index in [1.807, 2.05) is 0 Å². The van der Waals surface area contributed by atoms with E-state index in [9.17, 15) is 14.4 Å². The molecule has 3 saturated heterocycles. The normalized spacial score (nSPS) is 43.9. The Bertz CT molecular complexity index is 1360. The summed E-state index contributed by atoms with van der Waals surface area (Å²) in [6, 6.07) is 0. The fraction of sp³-hybridized carbons (Fsp3) is 0.647. The van der Waals surface area contributed by atoms with Crippen LogP contribution >= 0.6 is 0 Å². The molecule has 9 unspecified atom stereocenters. The monoisotopic (exact) mass is 576 g/mol. The number of unbranched alkanes of at least 4 members (excludes halogenated alkanes) is 4. The second-order valence-electron chi connectivity index (χ2n) is 13.1. The van der Waals surface area contributed by atoms with Crippen molar-refractivity contribution >= 4 is 23.1 Å². The van der Waals surface area contributed by atoms with Gasteiger partial charge in [-0.2, -0.15) is 0 Å². The maximum Gasteiger partial charge on any atom is 0.195 e. The minimum absolute atomic E-state index is 0.190. The first-order valence-electron chi connectivity index (χ1n) is 15.8. The predicted octanol–water partition coefficient (Wildman–Crippen LogP) is 4.46. The van der Waals surface area contributed by atoms with Crippen molar-refractivity contribution in [3.05, 3.63) is 48.3 Å². The Hall–Kier alpha value is -2.68. The summed E-state index contributed by atoms with van der Waals surface area (Å²) < 4.78 is 25.1. The molecule has 0 radical (unpaired) electrons. The van der Waals surface area contributed by atoms with Gasteiger partial charge in [-0.05, 0) is 19.3 Å². The fourth-order valence-electron chi connectivity index (χ4n) is 9.11. The minimum Gasteiger partial charge on any atom is -0.497 e. The Labute approximate surface area is 246 Å². The van der Waals surface area contributed by atoms with E-state index in [0.29, 0.717) is 18.4 Å². The first kappa shape index (κ1) is 28.1. The molecular formula is C34H40O8. The van der Waals surface area contributed by atoms with E-state index in [1.54, 1.807) is 12.2 Å². The van der Waals surface area contributed by atoms with Crippen LogP contribution in [0.25, 0.3) is 0 Å². The molecule has 0 aromatic rings. The molecule has 0 aromatic carbocycles. The van der Waals surface area contributed by atoms with Gasteiger partial charge in [-0.25, -0.2) is 0 Å². The van der Waals surface area contributed by atoms with Gasteiger partial charge in [0.1, 0.15) is 17.6 Å². The second-order valence-corrected chi connectivity index (χ2v) is 13.1. The average molecular weight is 577 g/mol. The minimum atomic E-state index is -1.48. The molecule has 5 heterocycles. The van der Waals surface area contributed by atoms with Crippen LogP contribution in [-0.2, 0) is 38.1 Å². The number of Topliss-reactive ketones (excluding diaryl/α,β-unsaturated/α-hetero) is 4. The molecule has 0 aromatic heterocycles. The van der Waals surface area contributed by atoms with Crippen LogP contribution in [0.5, 0.6) is 0 Å². The van der Waals surface area contributed by atoms with Crippen LogP contribution in [0.15, 0.2) is 48.3 Å². The van der Waals surface area contributed by atoms with E-state index in [-0.39, 0.29) is 47.1 Å². The number of rotatable bonds is 12. The van der Waals surface area contributed by atoms with E-state index in [1.165, 1.54) is 6.26 Å². The Kier molecular flexibility index (Phi) is 6.47. The maximum absolute atomic E-state index is 15.0. The highest BCUT2D eigenvalue weighted by Crippen LogP contribution is 2.70. The molecule has 8 aliphatic rings. The molecule has 8 rings (SSSR count). The summed E-state index contributed by atoms with van der Waals surface area (Å²) in [5, 5.41) is 0. The van der Waals surface area contributed by atoms with Gasteiger partial charge in [0.15, 0.2) is 46.5 Å². The van der Waals surface area contributed by atoms with Crippen LogP contribution in [-0.4, -0.2) is 64.9 Å². The summed E-state index contributed by atoms with van der Waals surface area (Å²) in [6.07, 6.45) is 8.51. The van der Waals surface area contributed by atoms with E-state index in [0.717, 1.165) is 38.5 Å². The van der Waals surface area contributed by atoms with Crippen LogP contribution in [0.4, 0.5) is 0 Å². The molecule has 1 saturated carbocycles. The highest BCUT2D eigenvalue weighted by molar-refractivity contribution is 6.25. The smallest absolute Gasteiger partial charge is 0.195 e. The Morgan fingerprint density at radius 1 is 0.786 bits per heavy atom. The third-order valence-electron chi connectivity index (χ3n) is 11.0. The van der Waals surface area contributed by atoms with Crippen LogP contribution < -0.4 is 0 Å². The third kappa shape index (κ3) is 3.29. The van der Waals surface area contributed by atoms with Crippen LogP contribution in [0.3, 0.4) is 0 Å². The van der Waals surface area contributed by atoms with Crippen molar-refractivity contribution in [3.63, 3.8) is 0 Å². The SMILES string of the molecule is C=CCC12OC1C(=O)C1=C(C2=O)C2C(CCCCC)OC1C13C(=O)[C@@]4(CC=C)OC4C(=O)C1=COC(CCCCC)C23. The van der Waals surface area contributed by atoms with Gasteiger partial charge in [0, 0.05) is 41.4 Å². The topological polar surface area (TPSA) is 112 Å². The lowest BCUT2D eigenvalue weighted by Gasteiger charge is -2.63. The summed E-state index contributed by atoms with van der Waals surface area (Å²) in [7, 11) is 0. The zero-order chi connectivity index (χ0) is 29.6. The highest BCUT2D eigenvalue weighted by Gasteiger charge is 2.84. The number of ether oxygens (including phenoxy) is 4. The molecule has 0 amide bonds. The lowest BCUT2D eigenvalue weighted by molar-refractivity contribution is -0.213. The molecule has 5 aliphatic heterocycles. The third-order valence-corrected chi connectivity index (χ3v) is 11.0. The van der Waals surface area contributed by atoms with Gasteiger partial charge in [0.2, 0.25) is 0 Å². The molecule has 224 valence electrons. The number of hydrogen-bond acceptors (Lipinski definition) is 8. The van der Waals surface area contributed by atoms with Gasteiger partial charge in [-0.15, -0.1) is 13.2 Å². The summed E-state index contributed by atoms with van der Waals surface area (Å²) in [6.45, 7) is 11.9. The number of carbonyl (C=O) groups is 4. The molecule has 3 aliphatic carbocycles. The second kappa shape index (κ2) is 9.66. The number of ketones is 4. The summed E-state index contributed by atoms with van der Waals surface area (Å²) in [5.41, 5.74) is -3.15. The lowest BCUT2D eigenvalue weighted by Crippen LogP contribution is -2.74. The first-order valence-corrected chi connectivity index (χ1v) is 15.8. The largest absolute Gasteiger partial charge is 0.497 e. The Morgan fingerprint density at radius 2 is 1.40 bits per heavy atom. The van der Waals surface area contributed by atoms with Gasteiger partial charge in [-0.1, -0.05) is 58.1 Å². The van der Waals surface area contributed by atoms with Gasteiger partial charge in [0.25, 0.3) is 0 Å². The first-order chi connectivity index (χ1) is 20.3. The molecule has 10 atom stereocenters. The van der Waals surface area contributed by atoms with Crippen molar-refractivity contribution in [1.82, 2.24) is 0 Å². The molecule has 2 bridgehead atoms. The molecule has 0 N–H and O–H groups in total. The predicted molar refractivity (Wildman–Crippen MR) is 151 cm³/mol. The lowest BCUT2D eigenvalue weighted by atomic mass is 9.43. The molecule has 1 spiro atoms. The Morgan fingerprint density at radius 3 is 2.07 bits per heavy atom. The fourth-order valence-corrected chi connectivity index (χ4v) is 9.11. The quantitative estimate of drug-likeness (QED) is 0.190. The van der Waals surface area contributed by atoms with Crippen LogP contribution in [0, 0.1) is 17.3 Å². The zero-order valence-electron chi connectivity index (χ0n) is 24.5. The van der Waals surface area contributed by atoms with Crippen molar-refractivity contribution in [2.24, 2.45) is 17.3 Å². The number of carbonyl (C=O) groups excluding carboxylic acids is 4. The highest BCUT2D eigenvalue weighted by atomic mass is 16.6. The van der Waals surface area contributed by atoms with Gasteiger partial charge >= 0.3 is 0 Å². The number of fused-ring (bicyclic) bond motifs is 3. The van der Waals surface area contributed by atoms with Crippen molar-refractivity contribution in [1.29, 1.82) is 0 Å². The van der Waals surface area contributed by atoms with E-state index in [4.69, 9.17) is 18.9 Å². The molecule has 42 heavy (non-hydrogen) atoms. The van der Waals surface area contributed by atoms with Gasteiger partial charge < -0.3 is 18.9 Å². The number of epoxide rings is 2. The average Bonchev–Trinajstić information content (AvgIpc) is 3.90. The van der Waals surface area contributed by atoms with E-state index >= 15 is 4.79 Å². The molecule has 8 heteroatoms. The standard InChI is InChI=1S/C34H40O8/c1-5-9-11-13-19-21-22-23(26(36)30-32(41-30,15-7-3)27(22)37)28(40-19)34-18(17-39-20(24(21)34)14-12-10-6-2)25(35)29-33(42-29,16-8-4)31(34)38/h7-8,17,19-21,24,28-30H,3-6,9-16H2,1-2H3/t19?,20?,21?,24?,28?,29?,30?,32?,33-,34?/m0/s1. The van der Waals surface area contributed by atoms with Crippen molar-refractivity contribution in [2.75, 3.05) is 0 Å². The van der Waals surface area contributed by atoms with Crippen molar-refractivity contribution in [2.45, 2.75) is 120 Å². The summed E-state index contributed by atoms with van der Waals surface area (Å²) >= 11 is 0. The van der Waals surface area contributed by atoms with Crippen LogP contribution in [0.1, 0.15) is 78.1 Å². The maximum atomic E-state index is 15.0. The van der Waals surface area contributed by atoms with Crippen molar-refractivity contribution in [3.8, 4) is 0 Å². The molecular weight excluding hydrogens is 536 g/mol. The summed E-state index contributed by atoms with van der Waals surface area (Å²) in [5.74, 6) is -2.19. The van der Waals surface area contributed by atoms with E-state index < -0.39 is 59.0 Å². The van der Waals surface area contributed by atoms with Gasteiger partial charge in [-0.3, -0.25) is 19.2 Å².